The molecule has 1 saturated heterocycles. The van der Waals surface area contributed by atoms with E-state index in [0.717, 1.165) is 22.6 Å². The first-order chi connectivity index (χ1) is 17.0. The number of fused-ring (bicyclic) bond motifs is 1. The van der Waals surface area contributed by atoms with Gasteiger partial charge in [-0.3, -0.25) is 4.90 Å². The highest BCUT2D eigenvalue weighted by Crippen LogP contribution is 2.31. The lowest BCUT2D eigenvalue weighted by Gasteiger charge is -2.45. The molecule has 2 atom stereocenters. The number of piperazine rings is 1. The number of nitrogens with zero attached hydrogens (tertiary/aromatic N) is 5. The van der Waals surface area contributed by atoms with Crippen LogP contribution in [-0.4, -0.2) is 69.3 Å². The Kier molecular flexibility index (Phi) is 7.59. The Morgan fingerprint density at radius 1 is 1.06 bits per heavy atom. The Morgan fingerprint density at radius 3 is 2.36 bits per heavy atom. The summed E-state index contributed by atoms with van der Waals surface area (Å²) in [5.41, 5.74) is 2.09. The average molecular weight is 516 g/mol. The fourth-order valence-corrected chi connectivity index (χ4v) is 4.96. The van der Waals surface area contributed by atoms with Gasteiger partial charge < -0.3 is 19.3 Å². The molecule has 1 aromatic heterocycles. The number of hydrogen-bond acceptors (Lipinski definition) is 7. The number of aromatic nitrogens is 2. The second kappa shape index (κ2) is 10.5. The van der Waals surface area contributed by atoms with Crippen molar-refractivity contribution in [1.82, 2.24) is 19.8 Å². The SMILES string of the molecule is C[C@@H]1CN(c2nc(Cl)nc3c2CCN(C(=O)OCc2ccccc2)C3)C[C@H](C)N1C(=O)OC(C)(C)C. The van der Waals surface area contributed by atoms with Crippen LogP contribution in [0.25, 0.3) is 0 Å². The molecule has 1 aromatic carbocycles. The van der Waals surface area contributed by atoms with E-state index in [1.54, 1.807) is 9.80 Å². The highest BCUT2D eigenvalue weighted by Gasteiger charge is 2.37. The molecule has 36 heavy (non-hydrogen) atoms. The van der Waals surface area contributed by atoms with Crippen molar-refractivity contribution in [3.8, 4) is 0 Å². The van der Waals surface area contributed by atoms with E-state index in [1.165, 1.54) is 0 Å². The van der Waals surface area contributed by atoms with Crippen LogP contribution in [0.3, 0.4) is 0 Å². The molecule has 4 rings (SSSR count). The van der Waals surface area contributed by atoms with Gasteiger partial charge in [-0.05, 0) is 58.2 Å². The third kappa shape index (κ3) is 6.00. The van der Waals surface area contributed by atoms with E-state index >= 15 is 0 Å². The molecule has 2 amide bonds. The molecule has 9 nitrogen and oxygen atoms in total. The Hall–Kier alpha value is -3.07. The van der Waals surface area contributed by atoms with Gasteiger partial charge in [0.2, 0.25) is 5.28 Å². The fourth-order valence-electron chi connectivity index (χ4n) is 4.78. The summed E-state index contributed by atoms with van der Waals surface area (Å²) in [6, 6.07) is 9.42. The molecule has 2 aliphatic heterocycles. The molecule has 3 heterocycles. The van der Waals surface area contributed by atoms with E-state index in [-0.39, 0.29) is 36.2 Å². The van der Waals surface area contributed by atoms with Crippen LogP contribution in [0.15, 0.2) is 30.3 Å². The van der Waals surface area contributed by atoms with Crippen molar-refractivity contribution in [1.29, 1.82) is 0 Å². The standard InChI is InChI=1S/C26H34ClN5O4/c1-17-13-31(14-18(2)32(17)25(34)36-26(3,4)5)22-20-11-12-30(15-21(20)28-23(27)29-22)24(33)35-16-19-9-7-6-8-10-19/h6-10,17-18H,11-16H2,1-5H3/t17-,18+. The van der Waals surface area contributed by atoms with E-state index in [0.29, 0.717) is 32.6 Å². The van der Waals surface area contributed by atoms with E-state index in [9.17, 15) is 9.59 Å². The summed E-state index contributed by atoms with van der Waals surface area (Å²) in [5, 5.41) is 0.137. The van der Waals surface area contributed by atoms with Crippen molar-refractivity contribution in [2.75, 3.05) is 24.5 Å². The van der Waals surface area contributed by atoms with Crippen LogP contribution in [-0.2, 0) is 29.0 Å². The van der Waals surface area contributed by atoms with Crippen molar-refractivity contribution >= 4 is 29.6 Å². The molecule has 1 fully saturated rings. The second-order valence-corrected chi connectivity index (χ2v) is 10.8. The summed E-state index contributed by atoms with van der Waals surface area (Å²) >= 11 is 6.33. The normalized spacial score (nSPS) is 20.1. The van der Waals surface area contributed by atoms with E-state index < -0.39 is 5.60 Å². The van der Waals surface area contributed by atoms with Gasteiger partial charge in [0.15, 0.2) is 0 Å². The molecule has 0 bridgehead atoms. The molecule has 0 radical (unpaired) electrons. The van der Waals surface area contributed by atoms with Crippen molar-refractivity contribution in [3.05, 3.63) is 52.4 Å². The third-order valence-corrected chi connectivity index (χ3v) is 6.47. The Labute approximate surface area is 217 Å². The molecule has 194 valence electrons. The molecule has 0 saturated carbocycles. The molecule has 0 N–H and O–H groups in total. The van der Waals surface area contributed by atoms with Gasteiger partial charge in [-0.25, -0.2) is 19.6 Å². The zero-order valence-electron chi connectivity index (χ0n) is 21.5. The van der Waals surface area contributed by atoms with Gasteiger partial charge in [0.1, 0.15) is 18.0 Å². The number of anilines is 1. The van der Waals surface area contributed by atoms with Crippen LogP contribution in [0, 0.1) is 0 Å². The van der Waals surface area contributed by atoms with Gasteiger partial charge in [0.25, 0.3) is 0 Å². The number of hydrogen-bond donors (Lipinski definition) is 0. The molecule has 0 unspecified atom stereocenters. The van der Waals surface area contributed by atoms with Crippen LogP contribution in [0.2, 0.25) is 5.28 Å². The fraction of sp³-hybridized carbons (Fsp3) is 0.538. The molecular formula is C26H34ClN5O4. The summed E-state index contributed by atoms with van der Waals surface area (Å²) in [7, 11) is 0. The molecular weight excluding hydrogens is 482 g/mol. The lowest BCUT2D eigenvalue weighted by Crippen LogP contribution is -2.60. The Bertz CT molecular complexity index is 1100. The van der Waals surface area contributed by atoms with Gasteiger partial charge in [-0.15, -0.1) is 0 Å². The lowest BCUT2D eigenvalue weighted by atomic mass is 10.0. The van der Waals surface area contributed by atoms with Crippen LogP contribution in [0.4, 0.5) is 15.4 Å². The van der Waals surface area contributed by atoms with Gasteiger partial charge in [-0.2, -0.15) is 0 Å². The lowest BCUT2D eigenvalue weighted by molar-refractivity contribution is 0.00558. The number of halogens is 1. The summed E-state index contributed by atoms with van der Waals surface area (Å²) in [6.45, 7) is 11.8. The number of carbonyl (C=O) groups excluding carboxylic acids is 2. The third-order valence-electron chi connectivity index (χ3n) is 6.30. The average Bonchev–Trinajstić information content (AvgIpc) is 2.80. The van der Waals surface area contributed by atoms with Gasteiger partial charge in [0.05, 0.1) is 24.3 Å². The number of benzene rings is 1. The molecule has 0 spiro atoms. The van der Waals surface area contributed by atoms with Crippen LogP contribution in [0.1, 0.15) is 51.4 Å². The number of ether oxygens (including phenoxy) is 2. The summed E-state index contributed by atoms with van der Waals surface area (Å²) in [5.74, 6) is 0.768. The smallest absolute Gasteiger partial charge is 0.410 e. The minimum absolute atomic E-state index is 0.0824. The first kappa shape index (κ1) is 26.0. The maximum absolute atomic E-state index is 12.8. The minimum atomic E-state index is -0.555. The molecule has 2 aliphatic rings. The largest absolute Gasteiger partial charge is 0.445 e. The van der Waals surface area contributed by atoms with Crippen molar-refractivity contribution in [2.45, 2.75) is 71.9 Å². The number of carbonyl (C=O) groups is 2. The Morgan fingerprint density at radius 2 is 1.72 bits per heavy atom. The van der Waals surface area contributed by atoms with Crippen LogP contribution in [0.5, 0.6) is 0 Å². The van der Waals surface area contributed by atoms with Crippen LogP contribution >= 0.6 is 11.6 Å². The minimum Gasteiger partial charge on any atom is -0.445 e. The van der Waals surface area contributed by atoms with Gasteiger partial charge in [0, 0.05) is 25.2 Å². The van der Waals surface area contributed by atoms with Gasteiger partial charge in [-0.1, -0.05) is 30.3 Å². The zero-order chi connectivity index (χ0) is 26.0. The quantitative estimate of drug-likeness (QED) is 0.549. The van der Waals surface area contributed by atoms with Crippen molar-refractivity contribution < 1.29 is 19.1 Å². The van der Waals surface area contributed by atoms with Crippen LogP contribution < -0.4 is 4.90 Å². The Balaban J connectivity index is 1.46. The maximum atomic E-state index is 12.8. The first-order valence-corrected chi connectivity index (χ1v) is 12.7. The van der Waals surface area contributed by atoms with Crippen molar-refractivity contribution in [3.63, 3.8) is 0 Å². The topological polar surface area (TPSA) is 88.1 Å². The zero-order valence-corrected chi connectivity index (χ0v) is 22.3. The number of amides is 2. The summed E-state index contributed by atoms with van der Waals surface area (Å²) in [4.78, 5) is 40.1. The molecule has 0 aliphatic carbocycles. The monoisotopic (exact) mass is 515 g/mol. The summed E-state index contributed by atoms with van der Waals surface area (Å²) < 4.78 is 11.1. The molecule has 2 aromatic rings. The van der Waals surface area contributed by atoms with Gasteiger partial charge >= 0.3 is 12.2 Å². The highest BCUT2D eigenvalue weighted by molar-refractivity contribution is 6.28. The first-order valence-electron chi connectivity index (χ1n) is 12.3. The van der Waals surface area contributed by atoms with E-state index in [1.807, 2.05) is 65.0 Å². The predicted octanol–water partition coefficient (Wildman–Crippen LogP) is 4.66. The highest BCUT2D eigenvalue weighted by atomic mass is 35.5. The molecule has 10 heteroatoms. The maximum Gasteiger partial charge on any atom is 0.410 e. The predicted molar refractivity (Wildman–Crippen MR) is 137 cm³/mol. The second-order valence-electron chi connectivity index (χ2n) is 10.4. The van der Waals surface area contributed by atoms with E-state index in [2.05, 4.69) is 14.9 Å². The van der Waals surface area contributed by atoms with Crippen molar-refractivity contribution in [2.24, 2.45) is 0 Å². The number of rotatable bonds is 3. The van der Waals surface area contributed by atoms with E-state index in [4.69, 9.17) is 21.1 Å². The summed E-state index contributed by atoms with van der Waals surface area (Å²) in [6.07, 6.45) is -0.0966.